The molecule has 0 bridgehead atoms. The SMILES string of the molecule is NC(N)=NCCC[C@H](NC(=O)[C@H](CC(=O)O)NC(=O)[C@@H]1CCCN1C(=O)[C@H](CO)NC(=O)[C@H](Cc1ccccc1)NC(=O)CNC(=O)[C@@H]1CCCN1C(=O)[C@@H]1CCCN1C(=O)[C@@H](N)CCCN=C(N)N)C(=O)O. The third-order valence-corrected chi connectivity index (χ3v) is 12.5. The number of amides is 8. The Bertz CT molecular complexity index is 2210. The summed E-state index contributed by atoms with van der Waals surface area (Å²) in [7, 11) is 0. The number of carboxylic acids is 2. The molecule has 0 radical (unpaired) electrons. The minimum atomic E-state index is -1.77. The molecular formula is C45H69N15O13. The van der Waals surface area contributed by atoms with E-state index in [4.69, 9.17) is 28.7 Å². The number of aliphatic hydroxyl groups excluding tert-OH is 1. The van der Waals surface area contributed by atoms with Gasteiger partial charge in [-0.05, 0) is 69.8 Å². The highest BCUT2D eigenvalue weighted by molar-refractivity contribution is 5.98. The van der Waals surface area contributed by atoms with Crippen molar-refractivity contribution in [3.05, 3.63) is 35.9 Å². The normalized spacial score (nSPS) is 19.3. The number of benzene rings is 1. The van der Waals surface area contributed by atoms with Crippen molar-refractivity contribution in [2.24, 2.45) is 38.7 Å². The Morgan fingerprint density at radius 3 is 1.74 bits per heavy atom. The molecule has 0 aliphatic carbocycles. The first-order chi connectivity index (χ1) is 34.7. The number of aliphatic hydroxyl groups is 1. The first-order valence-corrected chi connectivity index (χ1v) is 24.1. The van der Waals surface area contributed by atoms with Crippen LogP contribution in [0, 0.1) is 0 Å². The molecule has 3 heterocycles. The van der Waals surface area contributed by atoms with Gasteiger partial charge in [-0.25, -0.2) is 4.79 Å². The van der Waals surface area contributed by atoms with Gasteiger partial charge < -0.3 is 85.3 Å². The Balaban J connectivity index is 1.38. The molecular weight excluding hydrogens is 959 g/mol. The molecule has 0 saturated carbocycles. The van der Waals surface area contributed by atoms with E-state index in [0.717, 1.165) is 4.90 Å². The van der Waals surface area contributed by atoms with E-state index in [1.807, 2.05) is 0 Å². The molecule has 28 nitrogen and oxygen atoms in total. The zero-order valence-electron chi connectivity index (χ0n) is 40.5. The summed E-state index contributed by atoms with van der Waals surface area (Å²) in [5.41, 5.74) is 28.1. The molecule has 28 heteroatoms. The summed E-state index contributed by atoms with van der Waals surface area (Å²) < 4.78 is 0. The quantitative estimate of drug-likeness (QED) is 0.0222. The van der Waals surface area contributed by atoms with Gasteiger partial charge in [0, 0.05) is 39.1 Å². The predicted molar refractivity (Wildman–Crippen MR) is 260 cm³/mol. The number of carbonyl (C=O) groups is 10. The number of hydrogen-bond acceptors (Lipinski definition) is 14. The van der Waals surface area contributed by atoms with Crippen LogP contribution in [0.25, 0.3) is 0 Å². The molecule has 1 aromatic rings. The maximum atomic E-state index is 13.9. The van der Waals surface area contributed by atoms with Gasteiger partial charge in [0.05, 0.1) is 25.6 Å². The van der Waals surface area contributed by atoms with Gasteiger partial charge in [-0.2, -0.15) is 0 Å². The second-order valence-electron chi connectivity index (χ2n) is 17.9. The van der Waals surface area contributed by atoms with Gasteiger partial charge in [-0.1, -0.05) is 30.3 Å². The van der Waals surface area contributed by atoms with E-state index in [1.165, 1.54) is 9.80 Å². The molecule has 0 spiro atoms. The summed E-state index contributed by atoms with van der Waals surface area (Å²) in [4.78, 5) is 144. The molecule has 3 fully saturated rings. The van der Waals surface area contributed by atoms with Crippen LogP contribution >= 0.6 is 0 Å². The van der Waals surface area contributed by atoms with E-state index in [-0.39, 0.29) is 83.0 Å². The first-order valence-electron chi connectivity index (χ1n) is 24.1. The highest BCUT2D eigenvalue weighted by Gasteiger charge is 2.44. The third kappa shape index (κ3) is 17.6. The standard InChI is InChI=1S/C45H69N15O13/c46-26(11-4-16-51-44(47)48)40(69)60-20-8-15-33(60)42(71)59-19-6-13-31(59)38(67)53-23-34(62)54-28(21-25-9-2-1-3-10-25)36(65)57-30(24-61)41(70)58-18-7-14-32(58)39(68)56-29(22-35(63)64)37(66)55-27(43(72)73)12-5-17-52-45(49)50/h1-3,9-10,26-33,61H,4-8,11-24,46H2,(H,53,67)(H,54,62)(H,55,66)(H,56,68)(H,57,65)(H,63,64)(H,72,73)(H4,47,48,51)(H4,49,50,52)/t26-,27-,28-,29-,30-,31-,32-,33-/m0/s1. The van der Waals surface area contributed by atoms with Crippen LogP contribution in [-0.2, 0) is 54.4 Å². The van der Waals surface area contributed by atoms with Crippen LogP contribution in [-0.4, -0.2) is 195 Å². The number of nitrogens with zero attached hydrogens (tertiary/aromatic N) is 5. The molecule has 73 heavy (non-hydrogen) atoms. The first kappa shape index (κ1) is 58.0. The van der Waals surface area contributed by atoms with Gasteiger partial charge in [0.1, 0.15) is 42.3 Å². The number of carbonyl (C=O) groups excluding carboxylic acids is 8. The summed E-state index contributed by atoms with van der Waals surface area (Å²) >= 11 is 0. The number of nitrogens with two attached hydrogens (primary N) is 5. The summed E-state index contributed by atoms with van der Waals surface area (Å²) in [5, 5.41) is 41.6. The number of aliphatic imine (C=N–C) groups is 2. The topological polar surface area (TPSA) is 456 Å². The molecule has 3 saturated heterocycles. The summed E-state index contributed by atoms with van der Waals surface area (Å²) in [6.07, 6.45) is 1.64. The van der Waals surface area contributed by atoms with Crippen molar-refractivity contribution in [3.63, 3.8) is 0 Å². The Morgan fingerprint density at radius 1 is 0.630 bits per heavy atom. The van der Waals surface area contributed by atoms with Gasteiger partial charge in [-0.3, -0.25) is 53.1 Å². The third-order valence-electron chi connectivity index (χ3n) is 12.5. The Hall–Kier alpha value is -7.62. The summed E-state index contributed by atoms with van der Waals surface area (Å²) in [6, 6.07) is -1.81. The number of rotatable bonds is 27. The molecule has 18 N–H and O–H groups in total. The van der Waals surface area contributed by atoms with Gasteiger partial charge in [0.2, 0.25) is 47.3 Å². The lowest BCUT2D eigenvalue weighted by atomic mass is 10.0. The fourth-order valence-electron chi connectivity index (χ4n) is 8.87. The van der Waals surface area contributed by atoms with Crippen LogP contribution in [0.5, 0.6) is 0 Å². The molecule has 0 aromatic heterocycles. The fraction of sp³-hybridized carbons (Fsp3) is 0.600. The molecule has 4 rings (SSSR count). The van der Waals surface area contributed by atoms with Crippen molar-refractivity contribution in [1.29, 1.82) is 0 Å². The van der Waals surface area contributed by atoms with E-state index in [9.17, 15) is 63.3 Å². The number of hydrogen-bond donors (Lipinski definition) is 13. The second-order valence-corrected chi connectivity index (χ2v) is 17.9. The van der Waals surface area contributed by atoms with Crippen molar-refractivity contribution in [2.75, 3.05) is 45.9 Å². The molecule has 1 aromatic carbocycles. The second kappa shape index (κ2) is 28.4. The lowest BCUT2D eigenvalue weighted by molar-refractivity contribution is -0.147. The van der Waals surface area contributed by atoms with Crippen molar-refractivity contribution in [1.82, 2.24) is 41.3 Å². The van der Waals surface area contributed by atoms with Gasteiger partial charge in [-0.15, -0.1) is 0 Å². The number of guanidine groups is 2. The van der Waals surface area contributed by atoms with E-state index in [2.05, 4.69) is 36.6 Å². The van der Waals surface area contributed by atoms with E-state index >= 15 is 0 Å². The average molecular weight is 1030 g/mol. The molecule has 3 aliphatic heterocycles. The highest BCUT2D eigenvalue weighted by Crippen LogP contribution is 2.26. The largest absolute Gasteiger partial charge is 0.481 e. The van der Waals surface area contributed by atoms with Crippen LogP contribution in [0.3, 0.4) is 0 Å². The molecule has 8 atom stereocenters. The van der Waals surface area contributed by atoms with Crippen molar-refractivity contribution in [3.8, 4) is 0 Å². The Morgan fingerprint density at radius 2 is 1.16 bits per heavy atom. The maximum absolute atomic E-state index is 13.9. The minimum absolute atomic E-state index is 0.0376. The summed E-state index contributed by atoms with van der Waals surface area (Å²) in [6.45, 7) is -0.752. The zero-order valence-corrected chi connectivity index (χ0v) is 40.5. The van der Waals surface area contributed by atoms with E-state index < -0.39 is 127 Å². The van der Waals surface area contributed by atoms with Crippen LogP contribution in [0.2, 0.25) is 0 Å². The van der Waals surface area contributed by atoms with Crippen molar-refractivity contribution < 1.29 is 63.3 Å². The maximum Gasteiger partial charge on any atom is 0.326 e. The van der Waals surface area contributed by atoms with Crippen LogP contribution in [0.4, 0.5) is 0 Å². The molecule has 402 valence electrons. The number of likely N-dealkylation sites (tertiary alicyclic amines) is 3. The lowest BCUT2D eigenvalue weighted by Crippen LogP contribution is -2.60. The van der Waals surface area contributed by atoms with E-state index in [0.29, 0.717) is 37.8 Å². The van der Waals surface area contributed by atoms with Gasteiger partial charge >= 0.3 is 11.9 Å². The minimum Gasteiger partial charge on any atom is -0.481 e. The zero-order chi connectivity index (χ0) is 53.8. The number of carboxylic acid groups (broad SMARTS) is 2. The van der Waals surface area contributed by atoms with Gasteiger partial charge in [0.15, 0.2) is 11.9 Å². The van der Waals surface area contributed by atoms with Crippen LogP contribution in [0.1, 0.15) is 76.2 Å². The van der Waals surface area contributed by atoms with Crippen molar-refractivity contribution in [2.45, 2.75) is 125 Å². The lowest BCUT2D eigenvalue weighted by Gasteiger charge is -2.32. The average Bonchev–Trinajstić information content (AvgIpc) is 4.16. The predicted octanol–water partition coefficient (Wildman–Crippen LogP) is -5.76. The van der Waals surface area contributed by atoms with Crippen LogP contribution in [0.15, 0.2) is 40.3 Å². The number of nitrogens with one attached hydrogen (secondary N) is 5. The summed E-state index contributed by atoms with van der Waals surface area (Å²) in [5.74, 6) is -9.45. The fourth-order valence-corrected chi connectivity index (χ4v) is 8.87. The highest BCUT2D eigenvalue weighted by atomic mass is 16.4. The molecule has 3 aliphatic rings. The van der Waals surface area contributed by atoms with Gasteiger partial charge in [0.25, 0.3) is 0 Å². The van der Waals surface area contributed by atoms with Crippen LogP contribution < -0.4 is 55.3 Å². The monoisotopic (exact) mass is 1030 g/mol. The van der Waals surface area contributed by atoms with E-state index in [1.54, 1.807) is 30.3 Å². The number of aliphatic carboxylic acids is 2. The van der Waals surface area contributed by atoms with Crippen molar-refractivity contribution >= 4 is 71.1 Å². The smallest absolute Gasteiger partial charge is 0.326 e. The molecule has 0 unspecified atom stereocenters. The Labute approximate surface area is 420 Å². The molecule has 8 amide bonds. The Kier molecular flexibility index (Phi) is 22.6.